The molecule has 0 saturated carbocycles. The van der Waals surface area contributed by atoms with E-state index in [0.717, 1.165) is 38.7 Å². The molecule has 1 atom stereocenters. The minimum absolute atomic E-state index is 0. The van der Waals surface area contributed by atoms with E-state index in [9.17, 15) is 14.7 Å². The summed E-state index contributed by atoms with van der Waals surface area (Å²) in [4.78, 5) is 26.0. The number of carboxylic acid groups (broad SMARTS) is 1. The predicted molar refractivity (Wildman–Crippen MR) is 161 cm³/mol. The van der Waals surface area contributed by atoms with Gasteiger partial charge in [-0.3, -0.25) is 4.79 Å². The van der Waals surface area contributed by atoms with E-state index in [1.807, 2.05) is 61.7 Å². The molecule has 0 radical (unpaired) electrons. The van der Waals surface area contributed by atoms with Gasteiger partial charge in [0.25, 0.3) is 5.91 Å². The number of aryl methyl sites for hydroxylation is 2. The van der Waals surface area contributed by atoms with Crippen molar-refractivity contribution in [2.75, 3.05) is 12.0 Å². The van der Waals surface area contributed by atoms with Gasteiger partial charge in [-0.05, 0) is 95.8 Å². The molecule has 2 heterocycles. The average molecular weight is 558 g/mol. The van der Waals surface area contributed by atoms with Gasteiger partial charge in [-0.2, -0.15) is 11.8 Å². The number of benzene rings is 2. The van der Waals surface area contributed by atoms with Crippen LogP contribution in [0.2, 0.25) is 0 Å². The first-order valence-corrected chi connectivity index (χ1v) is 14.6. The maximum atomic E-state index is 13.2. The fraction of sp³-hybridized carbons (Fsp3) is 0.267. The molecule has 0 aliphatic rings. The molecule has 4 aromatic rings. The van der Waals surface area contributed by atoms with Crippen LogP contribution in [0.5, 0.6) is 0 Å². The van der Waals surface area contributed by atoms with Crippen LogP contribution in [0, 0.1) is 13.8 Å². The standard InChI is InChI=1S/C30H31NO5S2.Li.H/c1-19-14-28(38-18-19)27-11-9-22(36-27)17-35-16-21-8-10-24(25(15-21)23-7-5-4-6-20(23)2)29(32)31-26(30(33)34)12-13-37-3;;/h4-11,14-15,18,26H,12-13,16-17H2,1-3H3,(H,31,32)(H,33,34);;. The van der Waals surface area contributed by atoms with Crippen molar-refractivity contribution in [2.45, 2.75) is 39.5 Å². The van der Waals surface area contributed by atoms with E-state index in [2.05, 4.69) is 23.7 Å². The van der Waals surface area contributed by atoms with Crippen molar-refractivity contribution in [3.63, 3.8) is 0 Å². The third-order valence-corrected chi connectivity index (χ3v) is 7.83. The number of rotatable bonds is 12. The van der Waals surface area contributed by atoms with E-state index in [0.29, 0.717) is 31.0 Å². The molecule has 2 aromatic heterocycles. The summed E-state index contributed by atoms with van der Waals surface area (Å²) in [6.45, 7) is 4.70. The Morgan fingerprint density at radius 1 is 1.05 bits per heavy atom. The zero-order valence-corrected chi connectivity index (χ0v) is 23.3. The molecule has 0 bridgehead atoms. The molecule has 6 nitrogen and oxygen atoms in total. The number of amides is 1. The van der Waals surface area contributed by atoms with Gasteiger partial charge in [0.15, 0.2) is 0 Å². The van der Waals surface area contributed by atoms with E-state index in [4.69, 9.17) is 9.15 Å². The molecule has 2 N–H and O–H groups in total. The number of furan rings is 1. The Morgan fingerprint density at radius 3 is 2.54 bits per heavy atom. The molecule has 200 valence electrons. The van der Waals surface area contributed by atoms with Crippen molar-refractivity contribution in [3.05, 3.63) is 94.1 Å². The van der Waals surface area contributed by atoms with Crippen molar-refractivity contribution < 1.29 is 23.8 Å². The van der Waals surface area contributed by atoms with Gasteiger partial charge in [-0.15, -0.1) is 11.3 Å². The number of ether oxygens (including phenoxy) is 1. The van der Waals surface area contributed by atoms with Crippen LogP contribution in [-0.2, 0) is 22.7 Å². The van der Waals surface area contributed by atoms with Gasteiger partial charge in [0.2, 0.25) is 0 Å². The van der Waals surface area contributed by atoms with Gasteiger partial charge in [-0.1, -0.05) is 30.3 Å². The van der Waals surface area contributed by atoms with Crippen LogP contribution >= 0.6 is 23.1 Å². The van der Waals surface area contributed by atoms with Crippen LogP contribution in [-0.4, -0.2) is 53.9 Å². The number of thiophene rings is 1. The Morgan fingerprint density at radius 2 is 1.85 bits per heavy atom. The first-order valence-electron chi connectivity index (χ1n) is 12.3. The number of carbonyl (C=O) groups excluding carboxylic acids is 1. The molecule has 0 aliphatic carbocycles. The van der Waals surface area contributed by atoms with Crippen LogP contribution in [0.25, 0.3) is 21.8 Å². The Labute approximate surface area is 249 Å². The normalized spacial score (nSPS) is 11.6. The molecule has 39 heavy (non-hydrogen) atoms. The van der Waals surface area contributed by atoms with Gasteiger partial charge in [-0.25, -0.2) is 4.79 Å². The molecular weight excluding hydrogens is 525 g/mol. The van der Waals surface area contributed by atoms with E-state index >= 15 is 0 Å². The van der Waals surface area contributed by atoms with Gasteiger partial charge in [0.1, 0.15) is 24.2 Å². The van der Waals surface area contributed by atoms with Crippen molar-refractivity contribution in [1.82, 2.24) is 5.32 Å². The second-order valence-electron chi connectivity index (χ2n) is 9.09. The van der Waals surface area contributed by atoms with Gasteiger partial charge in [0.05, 0.1) is 11.5 Å². The summed E-state index contributed by atoms with van der Waals surface area (Å²) in [7, 11) is 0. The molecule has 1 amide bonds. The summed E-state index contributed by atoms with van der Waals surface area (Å²) in [5.41, 5.74) is 5.21. The van der Waals surface area contributed by atoms with E-state index in [1.165, 1.54) is 5.56 Å². The van der Waals surface area contributed by atoms with Crippen LogP contribution in [0.15, 0.2) is 70.5 Å². The second kappa shape index (κ2) is 14.6. The van der Waals surface area contributed by atoms with E-state index in [1.54, 1.807) is 29.2 Å². The fourth-order valence-electron chi connectivity index (χ4n) is 4.12. The number of nitrogens with one attached hydrogen (secondary N) is 1. The third kappa shape index (κ3) is 8.13. The Hall–Kier alpha value is -2.73. The zero-order valence-electron chi connectivity index (χ0n) is 21.7. The molecule has 0 aliphatic heterocycles. The van der Waals surface area contributed by atoms with Crippen LogP contribution in [0.3, 0.4) is 0 Å². The summed E-state index contributed by atoms with van der Waals surface area (Å²) < 4.78 is 11.9. The Balaban J connectivity index is 0.00000420. The summed E-state index contributed by atoms with van der Waals surface area (Å²) in [6, 6.07) is 18.4. The second-order valence-corrected chi connectivity index (χ2v) is 11.0. The quantitative estimate of drug-likeness (QED) is 0.199. The third-order valence-electron chi connectivity index (χ3n) is 6.13. The predicted octanol–water partition coefficient (Wildman–Crippen LogP) is 6.30. The van der Waals surface area contributed by atoms with Crippen LogP contribution < -0.4 is 5.32 Å². The topological polar surface area (TPSA) is 88.8 Å². The number of hydrogen-bond donors (Lipinski definition) is 2. The summed E-state index contributed by atoms with van der Waals surface area (Å²) in [5, 5.41) is 14.4. The van der Waals surface area contributed by atoms with Gasteiger partial charge < -0.3 is 19.6 Å². The molecule has 9 heteroatoms. The summed E-state index contributed by atoms with van der Waals surface area (Å²) in [5.74, 6) is 0.769. The van der Waals surface area contributed by atoms with Crippen LogP contribution in [0.1, 0.15) is 39.2 Å². The maximum absolute atomic E-state index is 13.2. The Kier molecular flexibility index (Phi) is 11.5. The molecule has 0 spiro atoms. The fourth-order valence-corrected chi connectivity index (χ4v) is 5.46. The van der Waals surface area contributed by atoms with Crippen molar-refractivity contribution in [2.24, 2.45) is 0 Å². The molecule has 0 saturated heterocycles. The number of thioether (sulfide) groups is 1. The molecular formula is C30H32LiNO5S2. The Bertz CT molecular complexity index is 1410. The number of hydrogen-bond acceptors (Lipinski definition) is 6. The molecule has 1 unspecified atom stereocenters. The number of carboxylic acids is 1. The molecule has 4 rings (SSSR count). The van der Waals surface area contributed by atoms with E-state index < -0.39 is 17.9 Å². The SMILES string of the molecule is CSCCC(NC(=O)c1ccc(COCc2ccc(-c3cc(C)cs3)o2)cc1-c1ccccc1C)C(=O)O.[LiH]. The molecule has 0 fully saturated rings. The van der Waals surface area contributed by atoms with Crippen LogP contribution in [0.4, 0.5) is 0 Å². The van der Waals surface area contributed by atoms with E-state index in [-0.39, 0.29) is 18.9 Å². The molecule has 2 aromatic carbocycles. The number of aliphatic carboxylic acids is 1. The summed E-state index contributed by atoms with van der Waals surface area (Å²) >= 11 is 3.20. The monoisotopic (exact) mass is 557 g/mol. The van der Waals surface area contributed by atoms with Crippen molar-refractivity contribution >= 4 is 53.8 Å². The zero-order chi connectivity index (χ0) is 27.1. The first-order chi connectivity index (χ1) is 18.4. The van der Waals surface area contributed by atoms with Crippen molar-refractivity contribution in [3.8, 4) is 21.8 Å². The number of carbonyl (C=O) groups is 2. The summed E-state index contributed by atoms with van der Waals surface area (Å²) in [6.07, 6.45) is 2.27. The average Bonchev–Trinajstić information content (AvgIpc) is 3.55. The van der Waals surface area contributed by atoms with Crippen molar-refractivity contribution in [1.29, 1.82) is 0 Å². The minimum atomic E-state index is -1.04. The van der Waals surface area contributed by atoms with Gasteiger partial charge >= 0.3 is 24.8 Å². The first kappa shape index (κ1) is 30.8. The van der Waals surface area contributed by atoms with Gasteiger partial charge in [0, 0.05) is 5.56 Å².